The van der Waals surface area contributed by atoms with Crippen LogP contribution in [-0.2, 0) is 0 Å². The summed E-state index contributed by atoms with van der Waals surface area (Å²) in [4.78, 5) is 0. The van der Waals surface area contributed by atoms with Gasteiger partial charge in [-0.2, -0.15) is 0 Å². The minimum absolute atomic E-state index is 0.773. The smallest absolute Gasteiger partial charge is 0.0919 e. The van der Waals surface area contributed by atoms with Crippen molar-refractivity contribution in [3.8, 4) is 0 Å². The van der Waals surface area contributed by atoms with Crippen LogP contribution in [0.3, 0.4) is 0 Å². The summed E-state index contributed by atoms with van der Waals surface area (Å²) in [5.41, 5.74) is 2.47. The highest BCUT2D eigenvalue weighted by molar-refractivity contribution is 6.89. The SMILES string of the molecule is CCCCCC/C=C\[Si](c1ccccc1)c1ccccc1. The Morgan fingerprint density at radius 1 is 0.762 bits per heavy atom. The molecule has 0 amide bonds. The largest absolute Gasteiger partial charge is 0.146 e. The second-order valence-electron chi connectivity index (χ2n) is 5.40. The van der Waals surface area contributed by atoms with E-state index in [4.69, 9.17) is 0 Å². The van der Waals surface area contributed by atoms with Crippen molar-refractivity contribution in [2.75, 3.05) is 0 Å². The first-order valence-corrected chi connectivity index (χ1v) is 9.64. The summed E-state index contributed by atoms with van der Waals surface area (Å²) in [6.07, 6.45) is 8.98. The highest BCUT2D eigenvalue weighted by atomic mass is 28.3. The fourth-order valence-electron chi connectivity index (χ4n) is 2.48. The van der Waals surface area contributed by atoms with E-state index in [2.05, 4.69) is 79.4 Å². The molecule has 0 spiro atoms. The summed E-state index contributed by atoms with van der Waals surface area (Å²) < 4.78 is 0. The second-order valence-corrected chi connectivity index (χ2v) is 7.71. The van der Waals surface area contributed by atoms with Crippen molar-refractivity contribution >= 4 is 19.2 Å². The van der Waals surface area contributed by atoms with Crippen molar-refractivity contribution in [1.29, 1.82) is 0 Å². The molecule has 0 heterocycles. The minimum atomic E-state index is -0.773. The molecule has 0 atom stereocenters. The third-order valence-corrected chi connectivity index (χ3v) is 6.16. The highest BCUT2D eigenvalue weighted by Crippen LogP contribution is 2.03. The maximum Gasteiger partial charge on any atom is 0.146 e. The molecule has 0 nitrogen and oxygen atoms in total. The van der Waals surface area contributed by atoms with E-state index in [0.717, 1.165) is 0 Å². The van der Waals surface area contributed by atoms with E-state index in [1.54, 1.807) is 0 Å². The van der Waals surface area contributed by atoms with E-state index in [1.165, 1.54) is 42.5 Å². The average molecular weight is 294 g/mol. The van der Waals surface area contributed by atoms with Gasteiger partial charge in [-0.1, -0.05) is 109 Å². The topological polar surface area (TPSA) is 0 Å². The summed E-state index contributed by atoms with van der Waals surface area (Å²) in [5, 5.41) is 2.94. The normalized spacial score (nSPS) is 11.3. The lowest BCUT2D eigenvalue weighted by molar-refractivity contribution is 0.674. The second kappa shape index (κ2) is 9.35. The van der Waals surface area contributed by atoms with Gasteiger partial charge >= 0.3 is 0 Å². The Bertz CT molecular complexity index is 477. The van der Waals surface area contributed by atoms with Crippen molar-refractivity contribution in [3.05, 3.63) is 72.4 Å². The maximum atomic E-state index is 2.47. The average Bonchev–Trinajstić information content (AvgIpc) is 2.56. The Balaban J connectivity index is 2.05. The predicted octanol–water partition coefficient (Wildman–Crippen LogP) is 4.36. The molecule has 1 heteroatoms. The van der Waals surface area contributed by atoms with Gasteiger partial charge in [0.2, 0.25) is 0 Å². The van der Waals surface area contributed by atoms with Gasteiger partial charge in [-0.25, -0.2) is 0 Å². The van der Waals surface area contributed by atoms with Crippen LogP contribution in [0.1, 0.15) is 39.0 Å². The molecule has 0 aliphatic heterocycles. The number of benzene rings is 2. The van der Waals surface area contributed by atoms with Gasteiger partial charge < -0.3 is 0 Å². The molecule has 0 saturated heterocycles. The lowest BCUT2D eigenvalue weighted by atomic mass is 10.2. The molecule has 1 radical (unpaired) electrons. The molecule has 0 bridgehead atoms. The third-order valence-electron chi connectivity index (χ3n) is 3.68. The zero-order chi connectivity index (χ0) is 14.8. The first kappa shape index (κ1) is 15.8. The molecule has 2 rings (SSSR count). The van der Waals surface area contributed by atoms with E-state index in [0.29, 0.717) is 0 Å². The summed E-state index contributed by atoms with van der Waals surface area (Å²) in [6, 6.07) is 21.9. The molecule has 0 unspecified atom stereocenters. The molecule has 0 N–H and O–H groups in total. The molecule has 0 aliphatic rings. The van der Waals surface area contributed by atoms with Gasteiger partial charge in [0.05, 0.1) is 0 Å². The van der Waals surface area contributed by atoms with Crippen LogP contribution in [0.2, 0.25) is 0 Å². The van der Waals surface area contributed by atoms with Crippen molar-refractivity contribution in [3.63, 3.8) is 0 Å². The summed E-state index contributed by atoms with van der Waals surface area (Å²) >= 11 is 0. The zero-order valence-electron chi connectivity index (χ0n) is 13.0. The van der Waals surface area contributed by atoms with Crippen LogP contribution in [0.5, 0.6) is 0 Å². The van der Waals surface area contributed by atoms with Crippen molar-refractivity contribution in [1.82, 2.24) is 0 Å². The zero-order valence-corrected chi connectivity index (χ0v) is 14.0. The molecule has 109 valence electrons. The van der Waals surface area contributed by atoms with E-state index in [9.17, 15) is 0 Å². The molecule has 0 saturated carbocycles. The standard InChI is InChI=1S/C20H25Si/c1-2-3-4-5-6-13-18-21(19-14-9-7-10-15-19)20-16-11-8-12-17-20/h7-18H,2-6H2,1H3/b18-13-. The van der Waals surface area contributed by atoms with Crippen LogP contribution in [0.15, 0.2) is 72.4 Å². The van der Waals surface area contributed by atoms with Crippen LogP contribution >= 0.6 is 0 Å². The molecule has 0 aliphatic carbocycles. The van der Waals surface area contributed by atoms with Gasteiger partial charge in [-0.15, -0.1) is 0 Å². The van der Waals surface area contributed by atoms with Gasteiger partial charge in [0.25, 0.3) is 0 Å². The van der Waals surface area contributed by atoms with Crippen LogP contribution < -0.4 is 10.4 Å². The molecule has 21 heavy (non-hydrogen) atoms. The molecule has 0 fully saturated rings. The summed E-state index contributed by atoms with van der Waals surface area (Å²) in [7, 11) is -0.773. The fourth-order valence-corrected chi connectivity index (χ4v) is 4.71. The van der Waals surface area contributed by atoms with Gasteiger partial charge in [0.15, 0.2) is 0 Å². The predicted molar refractivity (Wildman–Crippen MR) is 95.8 cm³/mol. The minimum Gasteiger partial charge on any atom is -0.0919 e. The third kappa shape index (κ3) is 5.35. The molecule has 0 aromatic heterocycles. The highest BCUT2D eigenvalue weighted by Gasteiger charge is 2.12. The molecular weight excluding hydrogens is 268 g/mol. The van der Waals surface area contributed by atoms with Crippen LogP contribution in [0, 0.1) is 0 Å². The number of rotatable bonds is 8. The molecule has 2 aromatic carbocycles. The lowest BCUT2D eigenvalue weighted by Gasteiger charge is -2.11. The van der Waals surface area contributed by atoms with Crippen molar-refractivity contribution in [2.45, 2.75) is 39.0 Å². The summed E-state index contributed by atoms with van der Waals surface area (Å²) in [5.74, 6) is 0. The Labute approximate surface area is 131 Å². The first-order chi connectivity index (χ1) is 10.4. The van der Waals surface area contributed by atoms with Gasteiger partial charge in [-0.3, -0.25) is 0 Å². The summed E-state index contributed by atoms with van der Waals surface area (Å²) in [6.45, 7) is 2.27. The Morgan fingerprint density at radius 2 is 1.33 bits per heavy atom. The van der Waals surface area contributed by atoms with Gasteiger partial charge in [0, 0.05) is 0 Å². The molecular formula is C20H25Si. The quantitative estimate of drug-likeness (QED) is 0.501. The van der Waals surface area contributed by atoms with Gasteiger partial charge in [0.1, 0.15) is 8.80 Å². The number of hydrogen-bond acceptors (Lipinski definition) is 0. The lowest BCUT2D eigenvalue weighted by Crippen LogP contribution is -2.40. The Morgan fingerprint density at radius 3 is 1.86 bits per heavy atom. The van der Waals surface area contributed by atoms with E-state index in [-0.39, 0.29) is 0 Å². The van der Waals surface area contributed by atoms with Crippen LogP contribution in [0.25, 0.3) is 0 Å². The van der Waals surface area contributed by atoms with Crippen LogP contribution in [0.4, 0.5) is 0 Å². The fraction of sp³-hybridized carbons (Fsp3) is 0.300. The first-order valence-electron chi connectivity index (χ1n) is 8.06. The van der Waals surface area contributed by atoms with E-state index in [1.807, 2.05) is 0 Å². The van der Waals surface area contributed by atoms with E-state index < -0.39 is 8.80 Å². The maximum absolute atomic E-state index is 2.47. The molecule has 2 aromatic rings. The Kier molecular flexibility index (Phi) is 7.03. The van der Waals surface area contributed by atoms with Crippen LogP contribution in [-0.4, -0.2) is 8.80 Å². The van der Waals surface area contributed by atoms with Crippen molar-refractivity contribution < 1.29 is 0 Å². The number of unbranched alkanes of at least 4 members (excludes halogenated alkanes) is 4. The Hall–Kier alpha value is -1.60. The monoisotopic (exact) mass is 293 g/mol. The number of hydrogen-bond donors (Lipinski definition) is 0. The van der Waals surface area contributed by atoms with Crippen molar-refractivity contribution in [2.24, 2.45) is 0 Å². The van der Waals surface area contributed by atoms with Gasteiger partial charge in [-0.05, 0) is 12.8 Å². The number of allylic oxidation sites excluding steroid dienone is 1. The van der Waals surface area contributed by atoms with E-state index >= 15 is 0 Å².